The van der Waals surface area contributed by atoms with Crippen LogP contribution in [0.25, 0.3) is 0 Å². The Morgan fingerprint density at radius 2 is 1.68 bits per heavy atom. The molecule has 0 aliphatic carbocycles. The molecule has 0 saturated carbocycles. The molecular formula is C24H26N2O2. The number of aromatic nitrogens is 1. The van der Waals surface area contributed by atoms with E-state index in [9.17, 15) is 9.59 Å². The second kappa shape index (κ2) is 9.18. The molecule has 0 unspecified atom stereocenters. The molecule has 3 aromatic rings. The molecule has 2 aromatic carbocycles. The van der Waals surface area contributed by atoms with E-state index in [0.717, 1.165) is 29.7 Å². The molecule has 0 N–H and O–H groups in total. The van der Waals surface area contributed by atoms with Gasteiger partial charge in [0.05, 0.1) is 6.54 Å². The number of unbranched alkanes of at least 4 members (excludes halogenated alkanes) is 1. The molecule has 0 spiro atoms. The number of carbonyl (C=O) groups excluding carboxylic acids is 1. The zero-order valence-electron chi connectivity index (χ0n) is 16.5. The zero-order chi connectivity index (χ0) is 19.9. The molecule has 3 rings (SSSR count). The summed E-state index contributed by atoms with van der Waals surface area (Å²) in [6.45, 7) is 5.15. The van der Waals surface area contributed by atoms with E-state index < -0.39 is 0 Å². The minimum absolute atomic E-state index is 0.205. The quantitative estimate of drug-likeness (QED) is 0.604. The van der Waals surface area contributed by atoms with Gasteiger partial charge in [0.15, 0.2) is 0 Å². The Hall–Kier alpha value is -3.14. The molecule has 4 nitrogen and oxygen atoms in total. The summed E-state index contributed by atoms with van der Waals surface area (Å²) in [6.07, 6.45) is 3.60. The summed E-state index contributed by atoms with van der Waals surface area (Å²) in [6, 6.07) is 20.9. The number of carbonyl (C=O) groups is 1. The van der Waals surface area contributed by atoms with Gasteiger partial charge in [0, 0.05) is 18.4 Å². The van der Waals surface area contributed by atoms with Crippen LogP contribution in [-0.4, -0.2) is 17.0 Å². The standard InChI is InChI=1S/C24H26N2O2/c1-3-4-17-26(21-13-6-5-7-14-21)24(28)22-15-10-16-25(23(22)27)18-20-12-9-8-11-19(20)2/h5-16H,3-4,17-18H2,1-2H3. The molecule has 0 saturated heterocycles. The maximum Gasteiger partial charge on any atom is 0.263 e. The molecule has 0 bridgehead atoms. The first-order valence-corrected chi connectivity index (χ1v) is 9.72. The molecule has 0 radical (unpaired) electrons. The number of pyridine rings is 1. The maximum absolute atomic E-state index is 13.3. The van der Waals surface area contributed by atoms with Gasteiger partial charge in [0.1, 0.15) is 5.56 Å². The van der Waals surface area contributed by atoms with Gasteiger partial charge in [0.2, 0.25) is 0 Å². The Kier molecular flexibility index (Phi) is 6.43. The van der Waals surface area contributed by atoms with E-state index >= 15 is 0 Å². The van der Waals surface area contributed by atoms with Crippen molar-refractivity contribution in [3.05, 3.63) is 100.0 Å². The normalized spacial score (nSPS) is 10.6. The van der Waals surface area contributed by atoms with Gasteiger partial charge in [-0.3, -0.25) is 9.59 Å². The largest absolute Gasteiger partial charge is 0.310 e. The summed E-state index contributed by atoms with van der Waals surface area (Å²) in [4.78, 5) is 28.0. The van der Waals surface area contributed by atoms with Crippen molar-refractivity contribution in [3.8, 4) is 0 Å². The Labute approximate surface area is 166 Å². The number of anilines is 1. The number of benzene rings is 2. The second-order valence-corrected chi connectivity index (χ2v) is 6.93. The topological polar surface area (TPSA) is 42.3 Å². The van der Waals surface area contributed by atoms with Gasteiger partial charge in [-0.15, -0.1) is 0 Å². The summed E-state index contributed by atoms with van der Waals surface area (Å²) < 4.78 is 1.61. The van der Waals surface area contributed by atoms with Crippen LogP contribution in [0.5, 0.6) is 0 Å². The lowest BCUT2D eigenvalue weighted by Gasteiger charge is -2.23. The Morgan fingerprint density at radius 1 is 0.964 bits per heavy atom. The minimum Gasteiger partial charge on any atom is -0.310 e. The zero-order valence-corrected chi connectivity index (χ0v) is 16.5. The summed E-state index contributed by atoms with van der Waals surface area (Å²) >= 11 is 0. The number of hydrogen-bond acceptors (Lipinski definition) is 2. The monoisotopic (exact) mass is 374 g/mol. The molecule has 0 atom stereocenters. The van der Waals surface area contributed by atoms with Crippen LogP contribution in [0.3, 0.4) is 0 Å². The first kappa shape index (κ1) is 19.6. The van der Waals surface area contributed by atoms with Crippen LogP contribution >= 0.6 is 0 Å². The van der Waals surface area contributed by atoms with Crippen molar-refractivity contribution in [1.29, 1.82) is 0 Å². The average Bonchev–Trinajstić information content (AvgIpc) is 2.72. The third-order valence-electron chi connectivity index (χ3n) is 4.90. The highest BCUT2D eigenvalue weighted by Gasteiger charge is 2.20. The number of nitrogens with zero attached hydrogens (tertiary/aromatic N) is 2. The summed E-state index contributed by atoms with van der Waals surface area (Å²) in [5.41, 5.74) is 2.96. The van der Waals surface area contributed by atoms with E-state index in [2.05, 4.69) is 6.92 Å². The van der Waals surface area contributed by atoms with Gasteiger partial charge in [-0.05, 0) is 48.7 Å². The van der Waals surface area contributed by atoms with Gasteiger partial charge in [-0.2, -0.15) is 0 Å². The van der Waals surface area contributed by atoms with Crippen molar-refractivity contribution in [3.63, 3.8) is 0 Å². The SMILES string of the molecule is CCCCN(C(=O)c1cccn(Cc2ccccc2C)c1=O)c1ccccc1. The summed E-state index contributed by atoms with van der Waals surface area (Å²) in [5.74, 6) is -0.246. The van der Waals surface area contributed by atoms with Gasteiger partial charge in [-0.1, -0.05) is 55.8 Å². The van der Waals surface area contributed by atoms with Crippen molar-refractivity contribution in [1.82, 2.24) is 4.57 Å². The van der Waals surface area contributed by atoms with Gasteiger partial charge >= 0.3 is 0 Å². The van der Waals surface area contributed by atoms with Crippen LogP contribution in [0.2, 0.25) is 0 Å². The Bertz CT molecular complexity index is 993. The highest BCUT2D eigenvalue weighted by molar-refractivity contribution is 6.05. The fourth-order valence-corrected chi connectivity index (χ4v) is 3.21. The van der Waals surface area contributed by atoms with Crippen molar-refractivity contribution in [2.45, 2.75) is 33.2 Å². The Morgan fingerprint density at radius 3 is 2.39 bits per heavy atom. The molecular weight excluding hydrogens is 348 g/mol. The van der Waals surface area contributed by atoms with E-state index in [1.54, 1.807) is 27.8 Å². The van der Waals surface area contributed by atoms with Crippen molar-refractivity contribution in [2.75, 3.05) is 11.4 Å². The Balaban J connectivity index is 1.94. The molecule has 1 heterocycles. The number of para-hydroxylation sites is 1. The van der Waals surface area contributed by atoms with Crippen LogP contribution in [0, 0.1) is 6.92 Å². The molecule has 4 heteroatoms. The fraction of sp³-hybridized carbons (Fsp3) is 0.250. The second-order valence-electron chi connectivity index (χ2n) is 6.93. The third kappa shape index (κ3) is 4.39. The van der Waals surface area contributed by atoms with E-state index in [-0.39, 0.29) is 17.0 Å². The van der Waals surface area contributed by atoms with Crippen molar-refractivity contribution in [2.24, 2.45) is 0 Å². The average molecular weight is 374 g/mol. The molecule has 0 fully saturated rings. The van der Waals surface area contributed by atoms with Gasteiger partial charge in [-0.25, -0.2) is 0 Å². The molecule has 144 valence electrons. The number of rotatable bonds is 7. The van der Waals surface area contributed by atoms with Crippen LogP contribution in [0.4, 0.5) is 5.69 Å². The lowest BCUT2D eigenvalue weighted by Crippen LogP contribution is -2.37. The van der Waals surface area contributed by atoms with Crippen LogP contribution in [-0.2, 0) is 6.54 Å². The van der Waals surface area contributed by atoms with Crippen molar-refractivity contribution >= 4 is 11.6 Å². The minimum atomic E-state index is -0.256. The first-order chi connectivity index (χ1) is 13.6. The van der Waals surface area contributed by atoms with E-state index in [1.165, 1.54) is 0 Å². The molecule has 28 heavy (non-hydrogen) atoms. The van der Waals surface area contributed by atoms with Gasteiger partial charge in [0.25, 0.3) is 11.5 Å². The fourth-order valence-electron chi connectivity index (χ4n) is 3.21. The molecule has 1 aromatic heterocycles. The predicted molar refractivity (Wildman–Crippen MR) is 114 cm³/mol. The number of aryl methyl sites for hydroxylation is 1. The highest BCUT2D eigenvalue weighted by Crippen LogP contribution is 2.17. The third-order valence-corrected chi connectivity index (χ3v) is 4.90. The van der Waals surface area contributed by atoms with E-state index in [1.807, 2.05) is 61.5 Å². The summed E-state index contributed by atoms with van der Waals surface area (Å²) in [7, 11) is 0. The van der Waals surface area contributed by atoms with E-state index in [4.69, 9.17) is 0 Å². The van der Waals surface area contributed by atoms with Crippen LogP contribution < -0.4 is 10.5 Å². The number of hydrogen-bond donors (Lipinski definition) is 0. The molecule has 0 aliphatic heterocycles. The first-order valence-electron chi connectivity index (χ1n) is 9.72. The highest BCUT2D eigenvalue weighted by atomic mass is 16.2. The predicted octanol–water partition coefficient (Wildman–Crippen LogP) is 4.65. The van der Waals surface area contributed by atoms with Crippen LogP contribution in [0.15, 0.2) is 77.7 Å². The van der Waals surface area contributed by atoms with Crippen LogP contribution in [0.1, 0.15) is 41.3 Å². The molecule has 0 aliphatic rings. The lowest BCUT2D eigenvalue weighted by atomic mass is 10.1. The lowest BCUT2D eigenvalue weighted by molar-refractivity contribution is 0.0984. The van der Waals surface area contributed by atoms with Gasteiger partial charge < -0.3 is 9.47 Å². The van der Waals surface area contributed by atoms with Crippen molar-refractivity contribution < 1.29 is 4.79 Å². The molecule has 1 amide bonds. The summed E-state index contributed by atoms with van der Waals surface area (Å²) in [5, 5.41) is 0. The van der Waals surface area contributed by atoms with E-state index in [0.29, 0.717) is 13.1 Å². The maximum atomic E-state index is 13.3. The number of amides is 1. The smallest absolute Gasteiger partial charge is 0.263 e.